The summed E-state index contributed by atoms with van der Waals surface area (Å²) in [5.74, 6) is 0. The van der Waals surface area contributed by atoms with Crippen LogP contribution in [0, 0.1) is 0 Å². The zero-order valence-corrected chi connectivity index (χ0v) is 6.62. The Kier molecular flexibility index (Phi) is 1.11. The van der Waals surface area contributed by atoms with Crippen LogP contribution in [0.2, 0.25) is 0 Å². The summed E-state index contributed by atoms with van der Waals surface area (Å²) in [4.78, 5) is 16.2. The van der Waals surface area contributed by atoms with E-state index in [-0.39, 0.29) is 0 Å². The summed E-state index contributed by atoms with van der Waals surface area (Å²) in [6.07, 6.45) is 8.49. The molecule has 0 aromatic carbocycles. The van der Waals surface area contributed by atoms with E-state index in [0.717, 1.165) is 11.2 Å². The van der Waals surface area contributed by atoms with E-state index in [9.17, 15) is 0 Å². The average Bonchev–Trinajstić information content (AvgIpc) is 2.65. The molecule has 3 heterocycles. The van der Waals surface area contributed by atoms with Crippen LogP contribution in [0.1, 0.15) is 0 Å². The Bertz CT molecular complexity index is 571. The van der Waals surface area contributed by atoms with Crippen molar-refractivity contribution in [2.45, 2.75) is 0 Å². The highest BCUT2D eigenvalue weighted by Gasteiger charge is 2.00. The van der Waals surface area contributed by atoms with Crippen LogP contribution in [0.4, 0.5) is 0 Å². The van der Waals surface area contributed by atoms with Gasteiger partial charge in [-0.15, -0.1) is 0 Å². The summed E-state index contributed by atoms with van der Waals surface area (Å²) in [6.45, 7) is 0. The first-order valence-electron chi connectivity index (χ1n) is 3.83. The van der Waals surface area contributed by atoms with Gasteiger partial charge < -0.3 is 0 Å². The maximum Gasteiger partial charge on any atom is 0.179 e. The standard InChI is InChI=1S/C8H5N5/c1-2-13-6-3-9-5-12-8(6)11-4-7(13)10-1/h1-5H. The fourth-order valence-electron chi connectivity index (χ4n) is 1.32. The molecule has 0 aliphatic carbocycles. The fourth-order valence-corrected chi connectivity index (χ4v) is 1.32. The van der Waals surface area contributed by atoms with E-state index >= 15 is 0 Å². The fraction of sp³-hybridized carbons (Fsp3) is 0. The first-order chi connectivity index (χ1) is 6.45. The molecule has 0 atom stereocenters. The third-order valence-electron chi connectivity index (χ3n) is 1.90. The monoisotopic (exact) mass is 171 g/mol. The molecule has 3 aromatic heterocycles. The SMILES string of the molecule is c1ncc2c(n1)ncc1nccn12. The van der Waals surface area contributed by atoms with Gasteiger partial charge in [-0.3, -0.25) is 4.40 Å². The van der Waals surface area contributed by atoms with Gasteiger partial charge in [0, 0.05) is 12.4 Å². The molecule has 0 N–H and O–H groups in total. The van der Waals surface area contributed by atoms with E-state index in [0.29, 0.717) is 5.65 Å². The lowest BCUT2D eigenvalue weighted by atomic mass is 10.5. The quantitative estimate of drug-likeness (QED) is 0.499. The smallest absolute Gasteiger partial charge is 0.179 e. The van der Waals surface area contributed by atoms with E-state index in [1.54, 1.807) is 18.6 Å². The summed E-state index contributed by atoms with van der Waals surface area (Å²) in [5, 5.41) is 0. The van der Waals surface area contributed by atoms with Crippen LogP contribution in [-0.2, 0) is 0 Å². The molecule has 0 bridgehead atoms. The Morgan fingerprint density at radius 3 is 3.08 bits per heavy atom. The predicted octanol–water partition coefficient (Wildman–Crippen LogP) is 0.672. The van der Waals surface area contributed by atoms with Crippen LogP contribution in [0.3, 0.4) is 0 Å². The van der Waals surface area contributed by atoms with Crippen molar-refractivity contribution < 1.29 is 0 Å². The van der Waals surface area contributed by atoms with Crippen molar-refractivity contribution in [3.05, 3.63) is 31.1 Å². The Labute approximate surface area is 73.1 Å². The van der Waals surface area contributed by atoms with Gasteiger partial charge >= 0.3 is 0 Å². The van der Waals surface area contributed by atoms with Crippen LogP contribution < -0.4 is 0 Å². The van der Waals surface area contributed by atoms with Crippen LogP contribution in [-0.4, -0.2) is 24.3 Å². The second-order valence-corrected chi connectivity index (χ2v) is 2.65. The van der Waals surface area contributed by atoms with Gasteiger partial charge in [0.15, 0.2) is 11.3 Å². The van der Waals surface area contributed by atoms with Gasteiger partial charge in [0.1, 0.15) is 11.8 Å². The minimum absolute atomic E-state index is 0.681. The first-order valence-corrected chi connectivity index (χ1v) is 3.83. The van der Waals surface area contributed by atoms with Gasteiger partial charge in [0.2, 0.25) is 0 Å². The second-order valence-electron chi connectivity index (χ2n) is 2.65. The number of aromatic nitrogens is 5. The Morgan fingerprint density at radius 2 is 2.08 bits per heavy atom. The topological polar surface area (TPSA) is 56.0 Å². The number of hydrogen-bond donors (Lipinski definition) is 0. The molecule has 0 radical (unpaired) electrons. The van der Waals surface area contributed by atoms with E-state index < -0.39 is 0 Å². The largest absolute Gasteiger partial charge is 0.294 e. The zero-order valence-electron chi connectivity index (χ0n) is 6.62. The highest BCUT2D eigenvalue weighted by atomic mass is 15.0. The summed E-state index contributed by atoms with van der Waals surface area (Å²) >= 11 is 0. The Hall–Kier alpha value is -2.04. The van der Waals surface area contributed by atoms with E-state index in [1.165, 1.54) is 6.33 Å². The molecule has 0 aliphatic rings. The molecule has 62 valence electrons. The van der Waals surface area contributed by atoms with Crippen molar-refractivity contribution in [3.8, 4) is 0 Å². The Morgan fingerprint density at radius 1 is 1.08 bits per heavy atom. The lowest BCUT2D eigenvalue weighted by molar-refractivity contribution is 1.12. The van der Waals surface area contributed by atoms with Gasteiger partial charge in [0.25, 0.3) is 0 Å². The lowest BCUT2D eigenvalue weighted by Gasteiger charge is -1.97. The van der Waals surface area contributed by atoms with Gasteiger partial charge in [-0.05, 0) is 0 Å². The molecule has 3 aromatic rings. The maximum atomic E-state index is 4.15. The van der Waals surface area contributed by atoms with Crippen molar-refractivity contribution in [3.63, 3.8) is 0 Å². The summed E-state index contributed by atoms with van der Waals surface area (Å²) in [5.41, 5.74) is 2.36. The number of hydrogen-bond acceptors (Lipinski definition) is 4. The van der Waals surface area contributed by atoms with Crippen molar-refractivity contribution in [1.82, 2.24) is 24.3 Å². The minimum Gasteiger partial charge on any atom is -0.294 e. The molecule has 5 heteroatoms. The highest BCUT2D eigenvalue weighted by molar-refractivity contribution is 5.71. The molecule has 0 aliphatic heterocycles. The molecule has 0 saturated heterocycles. The molecular weight excluding hydrogens is 166 g/mol. The van der Waals surface area contributed by atoms with Crippen molar-refractivity contribution in [1.29, 1.82) is 0 Å². The molecule has 0 saturated carbocycles. The van der Waals surface area contributed by atoms with Crippen molar-refractivity contribution in [2.75, 3.05) is 0 Å². The van der Waals surface area contributed by atoms with Crippen molar-refractivity contribution >= 4 is 16.8 Å². The Balaban J connectivity index is 2.65. The molecule has 0 fully saturated rings. The highest BCUT2D eigenvalue weighted by Crippen LogP contribution is 2.08. The van der Waals surface area contributed by atoms with Crippen LogP contribution in [0.15, 0.2) is 31.1 Å². The summed E-state index contributed by atoms with van der Waals surface area (Å²) < 4.78 is 1.91. The third-order valence-corrected chi connectivity index (χ3v) is 1.90. The summed E-state index contributed by atoms with van der Waals surface area (Å²) in [6, 6.07) is 0. The van der Waals surface area contributed by atoms with Crippen LogP contribution >= 0.6 is 0 Å². The molecule has 5 nitrogen and oxygen atoms in total. The number of nitrogens with zero attached hydrogens (tertiary/aromatic N) is 5. The van der Waals surface area contributed by atoms with Crippen LogP contribution in [0.5, 0.6) is 0 Å². The van der Waals surface area contributed by atoms with Gasteiger partial charge in [-0.25, -0.2) is 19.9 Å². The molecule has 0 unspecified atom stereocenters. The molecule has 13 heavy (non-hydrogen) atoms. The maximum absolute atomic E-state index is 4.15. The van der Waals surface area contributed by atoms with Crippen molar-refractivity contribution in [2.24, 2.45) is 0 Å². The number of imidazole rings is 1. The minimum atomic E-state index is 0.681. The molecular formula is C8H5N5. The number of fused-ring (bicyclic) bond motifs is 3. The third kappa shape index (κ3) is 0.807. The molecule has 3 rings (SSSR count). The summed E-state index contributed by atoms with van der Waals surface area (Å²) in [7, 11) is 0. The number of rotatable bonds is 0. The van der Waals surface area contributed by atoms with Gasteiger partial charge in [-0.2, -0.15) is 0 Å². The molecule has 0 spiro atoms. The van der Waals surface area contributed by atoms with E-state index in [1.807, 2.05) is 10.6 Å². The van der Waals surface area contributed by atoms with Gasteiger partial charge in [-0.1, -0.05) is 0 Å². The first kappa shape index (κ1) is 6.47. The average molecular weight is 171 g/mol. The van der Waals surface area contributed by atoms with E-state index in [4.69, 9.17) is 0 Å². The molecule has 0 amide bonds. The predicted molar refractivity (Wildman–Crippen MR) is 46.1 cm³/mol. The lowest BCUT2D eigenvalue weighted by Crippen LogP contribution is -1.92. The van der Waals surface area contributed by atoms with Crippen LogP contribution in [0.25, 0.3) is 16.8 Å². The van der Waals surface area contributed by atoms with E-state index in [2.05, 4.69) is 19.9 Å². The van der Waals surface area contributed by atoms with Gasteiger partial charge in [0.05, 0.1) is 12.4 Å². The zero-order chi connectivity index (χ0) is 8.67. The normalized spacial score (nSPS) is 11.1. The second kappa shape index (κ2) is 2.22.